The van der Waals surface area contributed by atoms with Gasteiger partial charge in [0.1, 0.15) is 5.69 Å². The van der Waals surface area contributed by atoms with Crippen LogP contribution < -0.4 is 5.73 Å². The van der Waals surface area contributed by atoms with Crippen molar-refractivity contribution in [3.8, 4) is 5.69 Å². The summed E-state index contributed by atoms with van der Waals surface area (Å²) in [4.78, 5) is 10.2. The average Bonchev–Trinajstić information content (AvgIpc) is 2.86. The minimum absolute atomic E-state index is 0.116. The van der Waals surface area contributed by atoms with Crippen LogP contribution in [0.3, 0.4) is 0 Å². The van der Waals surface area contributed by atoms with Crippen LogP contribution in [0.4, 0.5) is 5.69 Å². The number of aromatic nitrogens is 3. The van der Waals surface area contributed by atoms with Gasteiger partial charge in [0, 0.05) is 12.1 Å². The molecule has 1 unspecified atom stereocenters. The van der Waals surface area contributed by atoms with Gasteiger partial charge in [-0.25, -0.2) is 4.68 Å². The third kappa shape index (κ3) is 2.74. The molecule has 2 N–H and O–H groups in total. The topological polar surface area (TPSA) is 99.9 Å². The molecule has 0 fully saturated rings. The number of nitro benzene ring substituents is 1. The molecule has 0 aliphatic carbocycles. The predicted molar refractivity (Wildman–Crippen MR) is 75.3 cm³/mol. The van der Waals surface area contributed by atoms with Crippen molar-refractivity contribution >= 4 is 28.9 Å². The highest BCUT2D eigenvalue weighted by molar-refractivity contribution is 6.38. The number of hydrogen-bond acceptors (Lipinski definition) is 5. The van der Waals surface area contributed by atoms with E-state index in [2.05, 4.69) is 10.3 Å². The molecule has 9 heteroatoms. The summed E-state index contributed by atoms with van der Waals surface area (Å²) in [7, 11) is 0. The molecule has 2 rings (SSSR count). The molecule has 0 aliphatic rings. The lowest BCUT2D eigenvalue weighted by Crippen LogP contribution is -2.08. The highest BCUT2D eigenvalue weighted by Gasteiger charge is 2.18. The summed E-state index contributed by atoms with van der Waals surface area (Å²) in [6, 6.07) is 2.19. The molecule has 0 saturated carbocycles. The molecule has 0 bridgehead atoms. The van der Waals surface area contributed by atoms with Crippen molar-refractivity contribution < 1.29 is 4.92 Å². The number of nitrogens with two attached hydrogens (primary N) is 1. The fraction of sp³-hybridized carbons (Fsp3) is 0.273. The van der Waals surface area contributed by atoms with Crippen molar-refractivity contribution in [2.75, 3.05) is 0 Å². The standard InChI is InChI=1S/C11H11Cl2N5O2/c1-2-9(14)10-5-17(16-15-10)11-7(12)3-6(18(19)20)4-8(11)13/h3-5,9H,2,14H2,1H3. The van der Waals surface area contributed by atoms with Crippen LogP contribution in [-0.4, -0.2) is 19.9 Å². The number of benzene rings is 1. The maximum absolute atomic E-state index is 10.7. The molecule has 1 aromatic carbocycles. The lowest BCUT2D eigenvalue weighted by Gasteiger charge is -2.06. The maximum Gasteiger partial charge on any atom is 0.272 e. The van der Waals surface area contributed by atoms with Gasteiger partial charge in [-0.15, -0.1) is 5.10 Å². The zero-order chi connectivity index (χ0) is 14.9. The van der Waals surface area contributed by atoms with Gasteiger partial charge in [0.15, 0.2) is 0 Å². The fourth-order valence-corrected chi connectivity index (χ4v) is 2.29. The second-order valence-corrected chi connectivity index (χ2v) is 4.93. The molecule has 0 saturated heterocycles. The van der Waals surface area contributed by atoms with Crippen molar-refractivity contribution in [1.82, 2.24) is 15.0 Å². The van der Waals surface area contributed by atoms with Crippen molar-refractivity contribution in [1.29, 1.82) is 0 Å². The minimum Gasteiger partial charge on any atom is -0.323 e. The molecule has 20 heavy (non-hydrogen) atoms. The van der Waals surface area contributed by atoms with Gasteiger partial charge < -0.3 is 5.73 Å². The summed E-state index contributed by atoms with van der Waals surface area (Å²) in [5.74, 6) is 0. The normalized spacial score (nSPS) is 12.4. The Morgan fingerprint density at radius 2 is 2.05 bits per heavy atom. The quantitative estimate of drug-likeness (QED) is 0.690. The molecule has 0 aliphatic heterocycles. The number of nitrogens with zero attached hydrogens (tertiary/aromatic N) is 4. The Morgan fingerprint density at radius 3 is 2.55 bits per heavy atom. The summed E-state index contributed by atoms with van der Waals surface area (Å²) < 4.78 is 1.36. The van der Waals surface area contributed by atoms with E-state index in [1.54, 1.807) is 6.20 Å². The van der Waals surface area contributed by atoms with Gasteiger partial charge in [0.25, 0.3) is 5.69 Å². The second kappa shape index (κ2) is 5.74. The Kier molecular flexibility index (Phi) is 4.22. The van der Waals surface area contributed by atoms with E-state index in [1.165, 1.54) is 16.8 Å². The summed E-state index contributed by atoms with van der Waals surface area (Å²) in [5, 5.41) is 18.8. The lowest BCUT2D eigenvalue weighted by atomic mass is 10.2. The predicted octanol–water partition coefficient (Wildman–Crippen LogP) is 2.89. The van der Waals surface area contributed by atoms with Gasteiger partial charge >= 0.3 is 0 Å². The van der Waals surface area contributed by atoms with E-state index in [9.17, 15) is 10.1 Å². The van der Waals surface area contributed by atoms with E-state index in [1.807, 2.05) is 6.92 Å². The average molecular weight is 316 g/mol. The third-order valence-electron chi connectivity index (χ3n) is 2.77. The van der Waals surface area contributed by atoms with Gasteiger partial charge in [-0.2, -0.15) is 0 Å². The molecule has 2 aromatic rings. The molecular weight excluding hydrogens is 305 g/mol. The van der Waals surface area contributed by atoms with Crippen molar-refractivity contribution in [2.45, 2.75) is 19.4 Å². The maximum atomic E-state index is 10.7. The first-order valence-electron chi connectivity index (χ1n) is 5.75. The van der Waals surface area contributed by atoms with Gasteiger partial charge in [-0.1, -0.05) is 35.3 Å². The van der Waals surface area contributed by atoms with E-state index >= 15 is 0 Å². The molecule has 0 amide bonds. The molecule has 1 aromatic heterocycles. The van der Waals surface area contributed by atoms with Crippen LogP contribution in [0.15, 0.2) is 18.3 Å². The first-order valence-corrected chi connectivity index (χ1v) is 6.51. The highest BCUT2D eigenvalue weighted by Crippen LogP contribution is 2.33. The zero-order valence-electron chi connectivity index (χ0n) is 10.5. The van der Waals surface area contributed by atoms with Gasteiger partial charge in [0.2, 0.25) is 0 Å². The molecular formula is C11H11Cl2N5O2. The summed E-state index contributed by atoms with van der Waals surface area (Å²) >= 11 is 12.1. The Balaban J connectivity index is 2.48. The summed E-state index contributed by atoms with van der Waals surface area (Å²) in [6.07, 6.45) is 2.31. The van der Waals surface area contributed by atoms with Crippen LogP contribution >= 0.6 is 23.2 Å². The van der Waals surface area contributed by atoms with Crippen LogP contribution in [-0.2, 0) is 0 Å². The number of rotatable bonds is 4. The van der Waals surface area contributed by atoms with E-state index < -0.39 is 4.92 Å². The monoisotopic (exact) mass is 315 g/mol. The van der Waals surface area contributed by atoms with Crippen LogP contribution in [0.5, 0.6) is 0 Å². The Hall–Kier alpha value is -1.70. The molecule has 106 valence electrons. The SMILES string of the molecule is CCC(N)c1cn(-c2c(Cl)cc([N+](=O)[O-])cc2Cl)nn1. The first-order chi connectivity index (χ1) is 9.43. The number of halogens is 2. The Bertz CT molecular complexity index is 635. The second-order valence-electron chi connectivity index (χ2n) is 4.12. The fourth-order valence-electron chi connectivity index (χ4n) is 1.64. The zero-order valence-corrected chi connectivity index (χ0v) is 12.0. The van der Waals surface area contributed by atoms with Crippen LogP contribution in [0.2, 0.25) is 10.0 Å². The highest BCUT2D eigenvalue weighted by atomic mass is 35.5. The third-order valence-corrected chi connectivity index (χ3v) is 3.35. The van der Waals surface area contributed by atoms with Crippen molar-refractivity contribution in [3.63, 3.8) is 0 Å². The van der Waals surface area contributed by atoms with Crippen LogP contribution in [0.25, 0.3) is 5.69 Å². The first kappa shape index (κ1) is 14.7. The van der Waals surface area contributed by atoms with Crippen molar-refractivity contribution in [2.24, 2.45) is 5.73 Å². The van der Waals surface area contributed by atoms with E-state index in [0.717, 1.165) is 0 Å². The molecule has 0 spiro atoms. The van der Waals surface area contributed by atoms with Gasteiger partial charge in [-0.3, -0.25) is 10.1 Å². The van der Waals surface area contributed by atoms with Gasteiger partial charge in [0.05, 0.1) is 32.9 Å². The number of non-ortho nitro benzene ring substituents is 1. The van der Waals surface area contributed by atoms with Crippen LogP contribution in [0, 0.1) is 10.1 Å². The Morgan fingerprint density at radius 1 is 1.45 bits per heavy atom. The molecule has 1 atom stereocenters. The number of nitro groups is 1. The van der Waals surface area contributed by atoms with Crippen LogP contribution in [0.1, 0.15) is 25.1 Å². The molecule has 0 radical (unpaired) electrons. The summed E-state index contributed by atoms with van der Waals surface area (Å²) in [6.45, 7) is 1.93. The lowest BCUT2D eigenvalue weighted by molar-refractivity contribution is -0.384. The number of hydrogen-bond donors (Lipinski definition) is 1. The van der Waals surface area contributed by atoms with Crippen molar-refractivity contribution in [3.05, 3.63) is 44.2 Å². The molecule has 1 heterocycles. The van der Waals surface area contributed by atoms with Gasteiger partial charge in [-0.05, 0) is 6.42 Å². The van der Waals surface area contributed by atoms with E-state index in [-0.39, 0.29) is 21.8 Å². The van der Waals surface area contributed by atoms with E-state index in [0.29, 0.717) is 17.8 Å². The summed E-state index contributed by atoms with van der Waals surface area (Å²) in [5.41, 5.74) is 6.60. The molecule has 7 nitrogen and oxygen atoms in total. The smallest absolute Gasteiger partial charge is 0.272 e. The van der Waals surface area contributed by atoms with E-state index in [4.69, 9.17) is 28.9 Å². The largest absolute Gasteiger partial charge is 0.323 e. The Labute approximate surface area is 124 Å². The minimum atomic E-state index is -0.568.